The van der Waals surface area contributed by atoms with E-state index in [0.29, 0.717) is 6.61 Å². The lowest BCUT2D eigenvalue weighted by Gasteiger charge is -2.11. The summed E-state index contributed by atoms with van der Waals surface area (Å²) in [5, 5.41) is 9.67. The van der Waals surface area contributed by atoms with Gasteiger partial charge in [0.25, 0.3) is 0 Å². The first-order valence-corrected chi connectivity index (χ1v) is 5.84. The van der Waals surface area contributed by atoms with Gasteiger partial charge in [0.05, 0.1) is 18.5 Å². The molecule has 0 bridgehead atoms. The van der Waals surface area contributed by atoms with Crippen LogP contribution in [0, 0.1) is 5.92 Å². The van der Waals surface area contributed by atoms with Crippen LogP contribution in [0.4, 0.5) is 0 Å². The van der Waals surface area contributed by atoms with E-state index in [-0.39, 0.29) is 12.3 Å². The van der Waals surface area contributed by atoms with E-state index in [9.17, 15) is 4.79 Å². The van der Waals surface area contributed by atoms with Crippen LogP contribution in [0.1, 0.15) is 13.3 Å². The third kappa shape index (κ3) is 3.20. The number of fused-ring (bicyclic) bond motifs is 1. The second kappa shape index (κ2) is 5.49. The molecule has 18 heavy (non-hydrogen) atoms. The number of benzene rings is 1. The smallest absolute Gasteiger partial charge is 0.303 e. The molecule has 94 valence electrons. The molecule has 0 radical (unpaired) electrons. The minimum Gasteiger partial charge on any atom is -0.493 e. The van der Waals surface area contributed by atoms with Crippen molar-refractivity contribution < 1.29 is 14.6 Å². The first-order chi connectivity index (χ1) is 8.65. The largest absolute Gasteiger partial charge is 0.493 e. The first kappa shape index (κ1) is 12.4. The fourth-order valence-corrected chi connectivity index (χ4v) is 1.74. The van der Waals surface area contributed by atoms with E-state index in [1.165, 1.54) is 0 Å². The molecule has 2 rings (SSSR count). The molecule has 1 aromatic carbocycles. The van der Waals surface area contributed by atoms with Crippen LogP contribution in [-0.4, -0.2) is 22.7 Å². The summed E-state index contributed by atoms with van der Waals surface area (Å²) in [6.45, 7) is 2.26. The normalized spacial score (nSPS) is 12.3. The van der Waals surface area contributed by atoms with Crippen LogP contribution in [0.2, 0.25) is 0 Å². The van der Waals surface area contributed by atoms with Crippen molar-refractivity contribution in [1.82, 2.24) is 4.98 Å². The highest BCUT2D eigenvalue weighted by atomic mass is 16.5. The summed E-state index contributed by atoms with van der Waals surface area (Å²) in [5.41, 5.74) is 0.920. The van der Waals surface area contributed by atoms with E-state index in [1.807, 2.05) is 37.3 Å². The predicted molar refractivity (Wildman–Crippen MR) is 68.7 cm³/mol. The van der Waals surface area contributed by atoms with Gasteiger partial charge in [-0.2, -0.15) is 0 Å². The number of pyridine rings is 1. The summed E-state index contributed by atoms with van der Waals surface area (Å²) >= 11 is 0. The minimum absolute atomic E-state index is 0.00732. The maximum Gasteiger partial charge on any atom is 0.303 e. The number of carboxylic acids is 1. The highest BCUT2D eigenvalue weighted by Crippen LogP contribution is 2.19. The first-order valence-electron chi connectivity index (χ1n) is 5.84. The van der Waals surface area contributed by atoms with Crippen molar-refractivity contribution in [3.63, 3.8) is 0 Å². The SMILES string of the molecule is CC(COc1ccc2ncccc2c1)CC(=O)O. The van der Waals surface area contributed by atoms with Crippen molar-refractivity contribution in [3.8, 4) is 5.75 Å². The molecule has 1 heterocycles. The van der Waals surface area contributed by atoms with Crippen molar-refractivity contribution in [3.05, 3.63) is 36.5 Å². The van der Waals surface area contributed by atoms with Crippen LogP contribution < -0.4 is 4.74 Å². The van der Waals surface area contributed by atoms with Gasteiger partial charge in [-0.15, -0.1) is 0 Å². The second-order valence-corrected chi connectivity index (χ2v) is 4.37. The van der Waals surface area contributed by atoms with Gasteiger partial charge in [-0.25, -0.2) is 0 Å². The highest BCUT2D eigenvalue weighted by Gasteiger charge is 2.08. The molecule has 0 saturated heterocycles. The lowest BCUT2D eigenvalue weighted by atomic mass is 10.1. The molecule has 0 fully saturated rings. The van der Waals surface area contributed by atoms with Crippen molar-refractivity contribution in [2.75, 3.05) is 6.61 Å². The van der Waals surface area contributed by atoms with Crippen LogP contribution in [0.25, 0.3) is 10.9 Å². The van der Waals surface area contributed by atoms with E-state index in [4.69, 9.17) is 9.84 Å². The molecule has 0 amide bonds. The summed E-state index contributed by atoms with van der Waals surface area (Å²) < 4.78 is 5.59. The lowest BCUT2D eigenvalue weighted by Crippen LogP contribution is -2.12. The van der Waals surface area contributed by atoms with E-state index in [0.717, 1.165) is 16.7 Å². The number of carboxylic acid groups (broad SMARTS) is 1. The zero-order chi connectivity index (χ0) is 13.0. The second-order valence-electron chi connectivity index (χ2n) is 4.37. The Kier molecular flexibility index (Phi) is 3.77. The summed E-state index contributed by atoms with van der Waals surface area (Å²) in [7, 11) is 0. The molecule has 0 saturated carbocycles. The van der Waals surface area contributed by atoms with Crippen LogP contribution in [0.3, 0.4) is 0 Å². The number of hydrogen-bond acceptors (Lipinski definition) is 3. The van der Waals surface area contributed by atoms with E-state index in [1.54, 1.807) is 6.20 Å². The van der Waals surface area contributed by atoms with E-state index in [2.05, 4.69) is 4.98 Å². The zero-order valence-electron chi connectivity index (χ0n) is 10.2. The van der Waals surface area contributed by atoms with Crippen LogP contribution >= 0.6 is 0 Å². The molecule has 1 unspecified atom stereocenters. The lowest BCUT2D eigenvalue weighted by molar-refractivity contribution is -0.138. The molecule has 1 aromatic heterocycles. The van der Waals surface area contributed by atoms with E-state index >= 15 is 0 Å². The Bertz CT molecular complexity index is 553. The average molecular weight is 245 g/mol. The van der Waals surface area contributed by atoms with Gasteiger partial charge in [-0.05, 0) is 24.3 Å². The molecular weight excluding hydrogens is 230 g/mol. The molecule has 0 aliphatic rings. The summed E-state index contributed by atoms with van der Waals surface area (Å²) in [5.74, 6) is -0.0614. The molecule has 0 aliphatic heterocycles. The van der Waals surface area contributed by atoms with Gasteiger partial charge in [0.1, 0.15) is 5.75 Å². The number of aliphatic carboxylic acids is 1. The minimum atomic E-state index is -0.797. The molecule has 2 aromatic rings. The standard InChI is InChI=1S/C14H15NO3/c1-10(7-14(16)17)9-18-12-4-5-13-11(8-12)3-2-6-15-13/h2-6,8,10H,7,9H2,1H3,(H,16,17). The van der Waals surface area contributed by atoms with Gasteiger partial charge in [0, 0.05) is 17.5 Å². The highest BCUT2D eigenvalue weighted by molar-refractivity contribution is 5.79. The van der Waals surface area contributed by atoms with Crippen molar-refractivity contribution >= 4 is 16.9 Å². The maximum atomic E-state index is 10.5. The van der Waals surface area contributed by atoms with Gasteiger partial charge in [-0.3, -0.25) is 9.78 Å². The Morgan fingerprint density at radius 3 is 3.06 bits per heavy atom. The number of aromatic nitrogens is 1. The van der Waals surface area contributed by atoms with Gasteiger partial charge in [-0.1, -0.05) is 13.0 Å². The predicted octanol–water partition coefficient (Wildman–Crippen LogP) is 2.72. The average Bonchev–Trinajstić information content (AvgIpc) is 2.35. The molecule has 1 N–H and O–H groups in total. The van der Waals surface area contributed by atoms with Gasteiger partial charge >= 0.3 is 5.97 Å². The molecular formula is C14H15NO3. The zero-order valence-corrected chi connectivity index (χ0v) is 10.2. The molecule has 1 atom stereocenters. The summed E-state index contributed by atoms with van der Waals surface area (Å²) in [6, 6.07) is 9.50. The fraction of sp³-hybridized carbons (Fsp3) is 0.286. The Morgan fingerprint density at radius 2 is 2.28 bits per heavy atom. The summed E-state index contributed by atoms with van der Waals surface area (Å²) in [6.07, 6.45) is 1.87. The fourth-order valence-electron chi connectivity index (χ4n) is 1.74. The number of ether oxygens (including phenoxy) is 1. The van der Waals surface area contributed by atoms with Crippen molar-refractivity contribution in [1.29, 1.82) is 0 Å². The number of rotatable bonds is 5. The third-order valence-electron chi connectivity index (χ3n) is 2.63. The Hall–Kier alpha value is -2.10. The third-order valence-corrected chi connectivity index (χ3v) is 2.63. The van der Waals surface area contributed by atoms with Gasteiger partial charge < -0.3 is 9.84 Å². The van der Waals surface area contributed by atoms with Crippen LogP contribution in [-0.2, 0) is 4.79 Å². The number of carbonyl (C=O) groups is 1. The van der Waals surface area contributed by atoms with Gasteiger partial charge in [0.15, 0.2) is 0 Å². The maximum absolute atomic E-state index is 10.5. The Labute approximate surface area is 105 Å². The molecule has 4 heteroatoms. The molecule has 4 nitrogen and oxygen atoms in total. The number of nitrogens with zero attached hydrogens (tertiary/aromatic N) is 1. The van der Waals surface area contributed by atoms with Gasteiger partial charge in [0.2, 0.25) is 0 Å². The Balaban J connectivity index is 2.01. The Morgan fingerprint density at radius 1 is 1.44 bits per heavy atom. The molecule has 0 spiro atoms. The van der Waals surface area contributed by atoms with E-state index < -0.39 is 5.97 Å². The topological polar surface area (TPSA) is 59.4 Å². The van der Waals surface area contributed by atoms with Crippen molar-refractivity contribution in [2.45, 2.75) is 13.3 Å². The monoisotopic (exact) mass is 245 g/mol. The molecule has 0 aliphatic carbocycles. The van der Waals surface area contributed by atoms with Crippen LogP contribution in [0.5, 0.6) is 5.75 Å². The number of hydrogen-bond donors (Lipinski definition) is 1. The van der Waals surface area contributed by atoms with Crippen molar-refractivity contribution in [2.24, 2.45) is 5.92 Å². The quantitative estimate of drug-likeness (QED) is 0.879. The van der Waals surface area contributed by atoms with Crippen LogP contribution in [0.15, 0.2) is 36.5 Å². The summed E-state index contributed by atoms with van der Waals surface area (Å²) in [4.78, 5) is 14.8.